The highest BCUT2D eigenvalue weighted by atomic mass is 32.1. The number of hydrogen-bond acceptors (Lipinski definition) is 4. The van der Waals surface area contributed by atoms with Crippen LogP contribution in [0.4, 0.5) is 0 Å². The molecule has 4 heteroatoms. The molecule has 3 nitrogen and oxygen atoms in total. The molecule has 0 fully saturated rings. The molecule has 1 aromatic carbocycles. The van der Waals surface area contributed by atoms with Gasteiger partial charge in [-0.15, -0.1) is 12.6 Å². The van der Waals surface area contributed by atoms with Gasteiger partial charge in [-0.05, 0) is 18.2 Å². The van der Waals surface area contributed by atoms with E-state index < -0.39 is 5.97 Å². The Morgan fingerprint density at radius 1 is 1.24 bits per heavy atom. The summed E-state index contributed by atoms with van der Waals surface area (Å²) < 4.78 is 4.59. The van der Waals surface area contributed by atoms with Gasteiger partial charge in [-0.25, -0.2) is 9.78 Å². The lowest BCUT2D eigenvalue weighted by molar-refractivity contribution is 0.0594. The molecule has 0 spiro atoms. The van der Waals surface area contributed by atoms with Crippen LogP contribution in [0.2, 0.25) is 0 Å². The zero-order valence-electron chi connectivity index (χ0n) is 10.1. The van der Waals surface area contributed by atoms with E-state index in [2.05, 4.69) is 22.3 Å². The summed E-state index contributed by atoms with van der Waals surface area (Å²) >= 11 is 4.21. The van der Waals surface area contributed by atoms with Crippen molar-refractivity contribution in [2.24, 2.45) is 0 Å². The Kier molecular flexibility index (Phi) is 4.97. The third-order valence-electron chi connectivity index (χ3n) is 2.07. The molecule has 17 heavy (non-hydrogen) atoms. The van der Waals surface area contributed by atoms with Gasteiger partial charge >= 0.3 is 5.97 Å². The van der Waals surface area contributed by atoms with Crippen LogP contribution in [0.5, 0.6) is 0 Å². The zero-order valence-corrected chi connectivity index (χ0v) is 11.0. The number of pyridine rings is 1. The molecular formula is C13H15NO2S. The number of esters is 1. The molecule has 0 amide bonds. The predicted octanol–water partition coefficient (Wildman–Crippen LogP) is 3.34. The summed E-state index contributed by atoms with van der Waals surface area (Å²) in [5, 5.41) is 0.973. The Morgan fingerprint density at radius 3 is 2.53 bits per heavy atom. The van der Waals surface area contributed by atoms with Crippen molar-refractivity contribution >= 4 is 29.5 Å². The van der Waals surface area contributed by atoms with Crippen LogP contribution in [0.15, 0.2) is 35.2 Å². The lowest BCUT2D eigenvalue weighted by Crippen LogP contribution is -2.03. The predicted molar refractivity (Wildman–Crippen MR) is 71.7 cm³/mol. The minimum atomic E-state index is -0.429. The van der Waals surface area contributed by atoms with Crippen LogP contribution >= 0.6 is 12.6 Å². The molecule has 0 unspecified atom stereocenters. The molecule has 0 aliphatic rings. The fraction of sp³-hybridized carbons (Fsp3) is 0.231. The van der Waals surface area contributed by atoms with Crippen molar-refractivity contribution in [3.63, 3.8) is 0 Å². The Bertz CT molecular complexity index is 526. The Labute approximate surface area is 106 Å². The van der Waals surface area contributed by atoms with E-state index in [9.17, 15) is 4.79 Å². The second-order valence-electron chi connectivity index (χ2n) is 3.07. The van der Waals surface area contributed by atoms with E-state index >= 15 is 0 Å². The van der Waals surface area contributed by atoms with Crippen LogP contribution in [-0.2, 0) is 4.74 Å². The highest BCUT2D eigenvalue weighted by Crippen LogP contribution is 2.17. The van der Waals surface area contributed by atoms with E-state index in [0.717, 1.165) is 15.8 Å². The third-order valence-corrected chi connectivity index (χ3v) is 2.35. The third kappa shape index (κ3) is 3.20. The van der Waals surface area contributed by atoms with Crippen LogP contribution in [0.25, 0.3) is 10.9 Å². The minimum Gasteiger partial charge on any atom is -0.464 e. The monoisotopic (exact) mass is 249 g/mol. The summed E-state index contributed by atoms with van der Waals surface area (Å²) in [6.45, 7) is 4.00. The topological polar surface area (TPSA) is 39.2 Å². The number of methoxy groups -OCH3 is 1. The number of aromatic nitrogens is 1. The van der Waals surface area contributed by atoms with E-state index in [-0.39, 0.29) is 0 Å². The maximum absolute atomic E-state index is 11.2. The first-order valence-electron chi connectivity index (χ1n) is 5.39. The Hall–Kier alpha value is -1.55. The molecule has 0 atom stereocenters. The van der Waals surface area contributed by atoms with Crippen LogP contribution in [0, 0.1) is 0 Å². The molecule has 0 aliphatic carbocycles. The number of thiol groups is 1. The summed E-state index contributed by atoms with van der Waals surface area (Å²) in [6.07, 6.45) is 0. The largest absolute Gasteiger partial charge is 0.464 e. The first-order valence-corrected chi connectivity index (χ1v) is 5.83. The average Bonchev–Trinajstić information content (AvgIpc) is 2.39. The zero-order chi connectivity index (χ0) is 12.8. The van der Waals surface area contributed by atoms with Gasteiger partial charge in [0.2, 0.25) is 0 Å². The molecule has 1 heterocycles. The van der Waals surface area contributed by atoms with Crippen molar-refractivity contribution in [1.82, 2.24) is 4.98 Å². The normalized spacial score (nSPS) is 9.41. The number of hydrogen-bond donors (Lipinski definition) is 1. The number of benzene rings is 1. The van der Waals surface area contributed by atoms with Crippen LogP contribution in [0.3, 0.4) is 0 Å². The van der Waals surface area contributed by atoms with E-state index in [1.54, 1.807) is 6.07 Å². The van der Waals surface area contributed by atoms with Gasteiger partial charge < -0.3 is 4.74 Å². The highest BCUT2D eigenvalue weighted by Gasteiger charge is 2.07. The highest BCUT2D eigenvalue weighted by molar-refractivity contribution is 7.80. The minimum absolute atomic E-state index is 0.309. The molecular weight excluding hydrogens is 234 g/mol. The van der Waals surface area contributed by atoms with E-state index in [4.69, 9.17) is 0 Å². The molecule has 0 bridgehead atoms. The lowest BCUT2D eigenvalue weighted by atomic mass is 10.2. The van der Waals surface area contributed by atoms with Gasteiger partial charge in [-0.3, -0.25) is 0 Å². The summed E-state index contributed by atoms with van der Waals surface area (Å²) in [4.78, 5) is 16.2. The van der Waals surface area contributed by atoms with Gasteiger partial charge in [-0.2, -0.15) is 0 Å². The number of rotatable bonds is 1. The fourth-order valence-electron chi connectivity index (χ4n) is 1.32. The summed E-state index contributed by atoms with van der Waals surface area (Å²) in [5.41, 5.74) is 1.05. The van der Waals surface area contributed by atoms with Crippen molar-refractivity contribution in [2.75, 3.05) is 7.11 Å². The van der Waals surface area contributed by atoms with Crippen molar-refractivity contribution in [2.45, 2.75) is 18.7 Å². The SMILES string of the molecule is CC.COC(=O)c1ccc2ccc(S)cc2n1. The summed E-state index contributed by atoms with van der Waals surface area (Å²) in [6, 6.07) is 9.08. The lowest BCUT2D eigenvalue weighted by Gasteiger charge is -2.01. The van der Waals surface area contributed by atoms with Gasteiger partial charge in [0, 0.05) is 10.3 Å². The van der Waals surface area contributed by atoms with E-state index in [0.29, 0.717) is 5.69 Å². The number of fused-ring (bicyclic) bond motifs is 1. The molecule has 0 N–H and O–H groups in total. The molecule has 0 saturated heterocycles. The quantitative estimate of drug-likeness (QED) is 0.622. The van der Waals surface area contributed by atoms with Gasteiger partial charge in [0.1, 0.15) is 5.69 Å². The smallest absolute Gasteiger partial charge is 0.356 e. The standard InChI is InChI=1S/C11H9NO2S.C2H6/c1-14-11(13)9-5-3-7-2-4-8(15)6-10(7)12-9;1-2/h2-6,15H,1H3;1-2H3. The number of carbonyl (C=O) groups excluding carboxylic acids is 1. The van der Waals surface area contributed by atoms with Crippen molar-refractivity contribution in [3.8, 4) is 0 Å². The average molecular weight is 249 g/mol. The van der Waals surface area contributed by atoms with Gasteiger partial charge in [-0.1, -0.05) is 26.0 Å². The summed E-state index contributed by atoms with van der Waals surface area (Å²) in [5.74, 6) is -0.429. The van der Waals surface area contributed by atoms with Crippen molar-refractivity contribution in [1.29, 1.82) is 0 Å². The van der Waals surface area contributed by atoms with Crippen LogP contribution in [-0.4, -0.2) is 18.1 Å². The summed E-state index contributed by atoms with van der Waals surface area (Å²) in [7, 11) is 1.34. The second-order valence-corrected chi connectivity index (χ2v) is 3.58. The maximum atomic E-state index is 11.2. The van der Waals surface area contributed by atoms with Gasteiger partial charge in [0.25, 0.3) is 0 Å². The van der Waals surface area contributed by atoms with Gasteiger partial charge in [0.05, 0.1) is 12.6 Å². The van der Waals surface area contributed by atoms with E-state index in [1.165, 1.54) is 7.11 Å². The molecule has 2 aromatic rings. The number of nitrogens with zero attached hydrogens (tertiary/aromatic N) is 1. The van der Waals surface area contributed by atoms with Gasteiger partial charge in [0.15, 0.2) is 0 Å². The maximum Gasteiger partial charge on any atom is 0.356 e. The van der Waals surface area contributed by atoms with Crippen molar-refractivity contribution in [3.05, 3.63) is 36.0 Å². The Morgan fingerprint density at radius 2 is 1.88 bits per heavy atom. The molecule has 0 saturated carbocycles. The second kappa shape index (κ2) is 6.25. The number of carbonyl (C=O) groups is 1. The van der Waals surface area contributed by atoms with E-state index in [1.807, 2.05) is 38.1 Å². The molecule has 0 aliphatic heterocycles. The molecule has 1 aromatic heterocycles. The first kappa shape index (κ1) is 13.5. The van der Waals surface area contributed by atoms with Crippen molar-refractivity contribution < 1.29 is 9.53 Å². The van der Waals surface area contributed by atoms with Crippen LogP contribution < -0.4 is 0 Å². The first-order chi connectivity index (χ1) is 8.20. The molecule has 90 valence electrons. The Balaban J connectivity index is 0.000000686. The van der Waals surface area contributed by atoms with Crippen LogP contribution in [0.1, 0.15) is 24.3 Å². The number of ether oxygens (including phenoxy) is 1. The molecule has 2 rings (SSSR count). The molecule has 0 radical (unpaired) electrons. The fourth-order valence-corrected chi connectivity index (χ4v) is 1.52.